The molecule has 1 aromatic heterocycles. The van der Waals surface area contributed by atoms with Crippen LogP contribution in [0.1, 0.15) is 16.1 Å². The van der Waals surface area contributed by atoms with Crippen LogP contribution in [0.2, 0.25) is 0 Å². The summed E-state index contributed by atoms with van der Waals surface area (Å²) in [7, 11) is 1.57. The zero-order valence-electron chi connectivity index (χ0n) is 11.4. The molecule has 0 aliphatic heterocycles. The quantitative estimate of drug-likeness (QED) is 0.688. The van der Waals surface area contributed by atoms with Crippen molar-refractivity contribution in [2.45, 2.75) is 0 Å². The molecule has 0 saturated carbocycles. The number of ketones is 1. The number of benzene rings is 2. The van der Waals surface area contributed by atoms with E-state index in [2.05, 4.69) is 10.3 Å². The molecule has 21 heavy (non-hydrogen) atoms. The molecule has 0 N–H and O–H groups in total. The molecular weight excluding hydrogens is 266 g/mol. The lowest BCUT2D eigenvalue weighted by Crippen LogP contribution is -2.10. The normalized spacial score (nSPS) is 10.3. The summed E-state index contributed by atoms with van der Waals surface area (Å²) in [6.07, 6.45) is 1.47. The third kappa shape index (κ3) is 2.53. The van der Waals surface area contributed by atoms with Crippen LogP contribution in [0.25, 0.3) is 5.69 Å². The Hall–Kier alpha value is -2.95. The van der Waals surface area contributed by atoms with E-state index >= 15 is 0 Å². The lowest BCUT2D eigenvalue weighted by Gasteiger charge is -2.06. The van der Waals surface area contributed by atoms with Crippen LogP contribution < -0.4 is 4.74 Å². The maximum Gasteiger partial charge on any atom is 0.213 e. The van der Waals surface area contributed by atoms with E-state index in [4.69, 9.17) is 4.74 Å². The van der Waals surface area contributed by atoms with Crippen molar-refractivity contribution < 1.29 is 9.53 Å². The number of carbonyl (C=O) groups is 1. The van der Waals surface area contributed by atoms with Gasteiger partial charge in [0.25, 0.3) is 0 Å². The van der Waals surface area contributed by atoms with E-state index in [1.807, 2.05) is 30.3 Å². The van der Waals surface area contributed by atoms with Gasteiger partial charge < -0.3 is 4.74 Å². The predicted octanol–water partition coefficient (Wildman–Crippen LogP) is 2.51. The summed E-state index contributed by atoms with van der Waals surface area (Å²) < 4.78 is 6.68. The Labute approximate surface area is 121 Å². The van der Waals surface area contributed by atoms with Crippen molar-refractivity contribution in [3.8, 4) is 11.4 Å². The topological polar surface area (TPSA) is 57.0 Å². The second kappa shape index (κ2) is 5.58. The van der Waals surface area contributed by atoms with Gasteiger partial charge in [0.15, 0.2) is 0 Å². The maximum absolute atomic E-state index is 12.6. The Morgan fingerprint density at radius 3 is 2.67 bits per heavy atom. The van der Waals surface area contributed by atoms with Crippen LogP contribution >= 0.6 is 0 Å². The summed E-state index contributed by atoms with van der Waals surface area (Å²) >= 11 is 0. The molecule has 0 fully saturated rings. The molecule has 3 aromatic rings. The highest BCUT2D eigenvalue weighted by atomic mass is 16.5. The van der Waals surface area contributed by atoms with Crippen LogP contribution in [0.4, 0.5) is 0 Å². The van der Waals surface area contributed by atoms with Crippen molar-refractivity contribution in [1.82, 2.24) is 15.0 Å². The number of nitrogens with zero attached hydrogens (tertiary/aromatic N) is 3. The molecule has 0 aliphatic rings. The Bertz CT molecular complexity index is 766. The number of para-hydroxylation sites is 1. The van der Waals surface area contributed by atoms with Crippen LogP contribution in [0.5, 0.6) is 5.75 Å². The summed E-state index contributed by atoms with van der Waals surface area (Å²) in [5.41, 5.74) is 1.74. The molecule has 3 rings (SSSR count). The molecule has 0 bridgehead atoms. The van der Waals surface area contributed by atoms with E-state index in [-0.39, 0.29) is 5.78 Å². The number of carbonyl (C=O) groups excluding carboxylic acids is 1. The van der Waals surface area contributed by atoms with Crippen molar-refractivity contribution in [2.24, 2.45) is 0 Å². The summed E-state index contributed by atoms with van der Waals surface area (Å²) in [4.78, 5) is 12.6. The standard InChI is InChI=1S/C16H13N3O2/c1-21-14-9-5-6-12(10-14)16(20)15-11-17-18-19(15)13-7-3-2-4-8-13/h2-11H,1H3. The van der Waals surface area contributed by atoms with Gasteiger partial charge in [-0.05, 0) is 24.3 Å². The minimum absolute atomic E-state index is 0.150. The third-order valence-electron chi connectivity index (χ3n) is 3.11. The zero-order valence-corrected chi connectivity index (χ0v) is 11.4. The van der Waals surface area contributed by atoms with Crippen molar-refractivity contribution in [3.63, 3.8) is 0 Å². The van der Waals surface area contributed by atoms with Gasteiger partial charge in [-0.25, -0.2) is 4.68 Å². The van der Waals surface area contributed by atoms with Gasteiger partial charge in [0.2, 0.25) is 5.78 Å². The fraction of sp³-hybridized carbons (Fsp3) is 0.0625. The van der Waals surface area contributed by atoms with Crippen LogP contribution in [-0.4, -0.2) is 27.9 Å². The molecule has 0 spiro atoms. The summed E-state index contributed by atoms with van der Waals surface area (Å²) in [6, 6.07) is 16.4. The van der Waals surface area contributed by atoms with Crippen molar-refractivity contribution >= 4 is 5.78 Å². The number of hydrogen-bond acceptors (Lipinski definition) is 4. The number of rotatable bonds is 4. The molecule has 1 heterocycles. The van der Waals surface area contributed by atoms with E-state index < -0.39 is 0 Å². The lowest BCUT2D eigenvalue weighted by molar-refractivity contribution is 0.103. The number of methoxy groups -OCH3 is 1. The fourth-order valence-corrected chi connectivity index (χ4v) is 2.06. The van der Waals surface area contributed by atoms with E-state index in [1.54, 1.807) is 31.4 Å². The highest BCUT2D eigenvalue weighted by Gasteiger charge is 2.16. The average molecular weight is 279 g/mol. The van der Waals surface area contributed by atoms with Gasteiger partial charge in [-0.3, -0.25) is 4.79 Å². The van der Waals surface area contributed by atoms with Crippen LogP contribution in [0.15, 0.2) is 60.8 Å². The Morgan fingerprint density at radius 2 is 1.90 bits per heavy atom. The molecule has 2 aromatic carbocycles. The van der Waals surface area contributed by atoms with Gasteiger partial charge in [0, 0.05) is 5.56 Å². The Morgan fingerprint density at radius 1 is 1.10 bits per heavy atom. The highest BCUT2D eigenvalue weighted by molar-refractivity contribution is 6.08. The molecule has 104 valence electrons. The first-order chi connectivity index (χ1) is 10.3. The number of aromatic nitrogens is 3. The van der Waals surface area contributed by atoms with Crippen molar-refractivity contribution in [2.75, 3.05) is 7.11 Å². The third-order valence-corrected chi connectivity index (χ3v) is 3.11. The average Bonchev–Trinajstić information content (AvgIpc) is 3.04. The van der Waals surface area contributed by atoms with Crippen LogP contribution in [0.3, 0.4) is 0 Å². The Balaban J connectivity index is 2.01. The van der Waals surface area contributed by atoms with Gasteiger partial charge in [-0.15, -0.1) is 5.10 Å². The van der Waals surface area contributed by atoms with Gasteiger partial charge in [0.05, 0.1) is 19.0 Å². The van der Waals surface area contributed by atoms with Crippen molar-refractivity contribution in [1.29, 1.82) is 0 Å². The molecule has 0 radical (unpaired) electrons. The highest BCUT2D eigenvalue weighted by Crippen LogP contribution is 2.17. The number of ether oxygens (including phenoxy) is 1. The molecule has 0 atom stereocenters. The molecule has 5 heteroatoms. The SMILES string of the molecule is COc1cccc(C(=O)c2cnnn2-c2ccccc2)c1. The molecule has 0 saturated heterocycles. The molecule has 0 aliphatic carbocycles. The first-order valence-electron chi connectivity index (χ1n) is 6.44. The van der Waals surface area contributed by atoms with Gasteiger partial charge in [-0.2, -0.15) is 0 Å². The van der Waals surface area contributed by atoms with E-state index in [1.165, 1.54) is 10.9 Å². The second-order valence-electron chi connectivity index (χ2n) is 4.43. The fourth-order valence-electron chi connectivity index (χ4n) is 2.06. The summed E-state index contributed by atoms with van der Waals surface area (Å²) in [5.74, 6) is 0.488. The van der Waals surface area contributed by atoms with Gasteiger partial charge in [0.1, 0.15) is 11.4 Å². The first kappa shape index (κ1) is 13.1. The molecule has 0 amide bonds. The smallest absolute Gasteiger partial charge is 0.213 e. The predicted molar refractivity (Wildman–Crippen MR) is 77.8 cm³/mol. The van der Waals surface area contributed by atoms with E-state index in [0.29, 0.717) is 17.0 Å². The maximum atomic E-state index is 12.6. The van der Waals surface area contributed by atoms with E-state index in [9.17, 15) is 4.79 Å². The molecule has 0 unspecified atom stereocenters. The van der Waals surface area contributed by atoms with Crippen LogP contribution in [0, 0.1) is 0 Å². The number of hydrogen-bond donors (Lipinski definition) is 0. The van der Waals surface area contributed by atoms with Gasteiger partial charge >= 0.3 is 0 Å². The minimum atomic E-state index is -0.150. The second-order valence-corrected chi connectivity index (χ2v) is 4.43. The lowest BCUT2D eigenvalue weighted by atomic mass is 10.1. The van der Waals surface area contributed by atoms with Gasteiger partial charge in [-0.1, -0.05) is 35.5 Å². The minimum Gasteiger partial charge on any atom is -0.497 e. The van der Waals surface area contributed by atoms with Crippen molar-refractivity contribution in [3.05, 3.63) is 72.1 Å². The molecule has 5 nitrogen and oxygen atoms in total. The largest absolute Gasteiger partial charge is 0.497 e. The summed E-state index contributed by atoms with van der Waals surface area (Å²) in [5, 5.41) is 7.84. The van der Waals surface area contributed by atoms with Crippen LogP contribution in [-0.2, 0) is 0 Å². The monoisotopic (exact) mass is 279 g/mol. The summed E-state index contributed by atoms with van der Waals surface area (Å²) in [6.45, 7) is 0. The zero-order chi connectivity index (χ0) is 14.7. The first-order valence-corrected chi connectivity index (χ1v) is 6.44. The Kier molecular flexibility index (Phi) is 3.47. The molecular formula is C16H13N3O2. The van der Waals surface area contributed by atoms with E-state index in [0.717, 1.165) is 5.69 Å².